The molecule has 0 aliphatic heterocycles. The average Bonchev–Trinajstić information content (AvgIpc) is 2.55. The SMILES string of the molecule is O[C@@H]1CCCC[C@H]1CN(c1cncc(Cl)n1)C1CCCCC1. The smallest absolute Gasteiger partial charge is 0.149 e. The first-order valence-electron chi connectivity index (χ1n) is 8.66. The molecule has 0 radical (unpaired) electrons. The normalized spacial score (nSPS) is 26.8. The van der Waals surface area contributed by atoms with Crippen molar-refractivity contribution in [1.82, 2.24) is 9.97 Å². The van der Waals surface area contributed by atoms with Crippen molar-refractivity contribution in [2.75, 3.05) is 11.4 Å². The van der Waals surface area contributed by atoms with Gasteiger partial charge in [0, 0.05) is 18.5 Å². The van der Waals surface area contributed by atoms with Crippen molar-refractivity contribution < 1.29 is 5.11 Å². The molecule has 2 aliphatic rings. The van der Waals surface area contributed by atoms with Gasteiger partial charge in [-0.1, -0.05) is 43.7 Å². The van der Waals surface area contributed by atoms with E-state index in [0.29, 0.717) is 17.1 Å². The lowest BCUT2D eigenvalue weighted by Crippen LogP contribution is -2.44. The summed E-state index contributed by atoms with van der Waals surface area (Å²) in [6.45, 7) is 0.876. The van der Waals surface area contributed by atoms with Crippen molar-refractivity contribution in [3.8, 4) is 0 Å². The third-order valence-corrected chi connectivity index (χ3v) is 5.38. The predicted octanol–water partition coefficient (Wildman–Crippen LogP) is 3.82. The summed E-state index contributed by atoms with van der Waals surface area (Å²) >= 11 is 6.05. The van der Waals surface area contributed by atoms with Crippen LogP contribution in [0.25, 0.3) is 0 Å². The highest BCUT2D eigenvalue weighted by Crippen LogP contribution is 2.31. The van der Waals surface area contributed by atoms with E-state index < -0.39 is 0 Å². The van der Waals surface area contributed by atoms with Gasteiger partial charge >= 0.3 is 0 Å². The van der Waals surface area contributed by atoms with Gasteiger partial charge in [-0.25, -0.2) is 4.98 Å². The summed E-state index contributed by atoms with van der Waals surface area (Å²) in [4.78, 5) is 11.1. The highest BCUT2D eigenvalue weighted by atomic mass is 35.5. The second-order valence-corrected chi connectivity index (χ2v) is 7.14. The third kappa shape index (κ3) is 3.90. The van der Waals surface area contributed by atoms with E-state index in [9.17, 15) is 5.11 Å². The Morgan fingerprint density at radius 2 is 1.77 bits per heavy atom. The van der Waals surface area contributed by atoms with E-state index in [1.54, 1.807) is 6.20 Å². The Bertz CT molecular complexity index is 479. The quantitative estimate of drug-likeness (QED) is 0.915. The Morgan fingerprint density at radius 3 is 2.50 bits per heavy atom. The zero-order valence-electron chi connectivity index (χ0n) is 13.1. The monoisotopic (exact) mass is 323 g/mol. The molecule has 0 saturated heterocycles. The summed E-state index contributed by atoms with van der Waals surface area (Å²) in [6, 6.07) is 0.510. The van der Waals surface area contributed by atoms with E-state index in [4.69, 9.17) is 11.6 Å². The molecule has 2 atom stereocenters. The highest BCUT2D eigenvalue weighted by Gasteiger charge is 2.30. The number of nitrogens with zero attached hydrogens (tertiary/aromatic N) is 3. The minimum atomic E-state index is -0.174. The van der Waals surface area contributed by atoms with Crippen molar-refractivity contribution >= 4 is 17.4 Å². The minimum Gasteiger partial charge on any atom is -0.393 e. The fraction of sp³-hybridized carbons (Fsp3) is 0.765. The summed E-state index contributed by atoms with van der Waals surface area (Å²) in [7, 11) is 0. The van der Waals surface area contributed by atoms with Gasteiger partial charge in [0.1, 0.15) is 11.0 Å². The van der Waals surface area contributed by atoms with Crippen LogP contribution in [-0.2, 0) is 0 Å². The lowest BCUT2D eigenvalue weighted by atomic mass is 9.85. The summed E-state index contributed by atoms with van der Waals surface area (Å²) in [5.74, 6) is 1.22. The maximum atomic E-state index is 10.3. The van der Waals surface area contributed by atoms with Gasteiger partial charge in [0.25, 0.3) is 0 Å². The molecule has 0 spiro atoms. The molecule has 5 heteroatoms. The molecule has 22 heavy (non-hydrogen) atoms. The molecule has 4 nitrogen and oxygen atoms in total. The molecular formula is C17H26ClN3O. The zero-order chi connectivity index (χ0) is 15.4. The lowest BCUT2D eigenvalue weighted by molar-refractivity contribution is 0.0715. The summed E-state index contributed by atoms with van der Waals surface area (Å²) in [6.07, 6.45) is 13.9. The first-order chi connectivity index (χ1) is 10.7. The van der Waals surface area contributed by atoms with Gasteiger partial charge in [0.05, 0.1) is 18.5 Å². The Morgan fingerprint density at radius 1 is 1.05 bits per heavy atom. The van der Waals surface area contributed by atoms with E-state index in [1.165, 1.54) is 38.5 Å². The fourth-order valence-corrected chi connectivity index (χ4v) is 4.09. The van der Waals surface area contributed by atoms with Gasteiger partial charge in [-0.05, 0) is 25.7 Å². The topological polar surface area (TPSA) is 49.2 Å². The highest BCUT2D eigenvalue weighted by molar-refractivity contribution is 6.29. The Labute approximate surface area is 137 Å². The maximum Gasteiger partial charge on any atom is 0.149 e. The van der Waals surface area contributed by atoms with Crippen molar-refractivity contribution in [2.24, 2.45) is 5.92 Å². The lowest BCUT2D eigenvalue weighted by Gasteiger charge is -2.39. The molecule has 0 aromatic carbocycles. The van der Waals surface area contributed by atoms with Crippen LogP contribution in [-0.4, -0.2) is 33.8 Å². The molecule has 122 valence electrons. The standard InChI is InChI=1S/C17H26ClN3O/c18-16-10-19-11-17(20-16)21(14-7-2-1-3-8-14)12-13-6-4-5-9-15(13)22/h10-11,13-15,22H,1-9,12H2/t13-,15+/m0/s1. The van der Waals surface area contributed by atoms with Gasteiger partial charge < -0.3 is 10.0 Å². The number of aliphatic hydroxyl groups is 1. The number of hydrogen-bond acceptors (Lipinski definition) is 4. The van der Waals surface area contributed by atoms with Crippen LogP contribution < -0.4 is 4.90 Å². The molecule has 1 aromatic heterocycles. The van der Waals surface area contributed by atoms with E-state index in [2.05, 4.69) is 14.9 Å². The molecule has 2 fully saturated rings. The first kappa shape index (κ1) is 16.0. The second kappa shape index (κ2) is 7.60. The molecular weight excluding hydrogens is 298 g/mol. The van der Waals surface area contributed by atoms with Crippen LogP contribution in [0.15, 0.2) is 12.4 Å². The molecule has 0 amide bonds. The van der Waals surface area contributed by atoms with Crippen LogP contribution in [0.2, 0.25) is 5.15 Å². The molecule has 2 saturated carbocycles. The number of aliphatic hydroxyl groups excluding tert-OH is 1. The summed E-state index contributed by atoms with van der Waals surface area (Å²) in [5, 5.41) is 10.8. The van der Waals surface area contributed by atoms with Crippen molar-refractivity contribution in [3.05, 3.63) is 17.5 Å². The van der Waals surface area contributed by atoms with E-state index in [-0.39, 0.29) is 6.10 Å². The van der Waals surface area contributed by atoms with E-state index >= 15 is 0 Å². The van der Waals surface area contributed by atoms with Crippen LogP contribution in [0.1, 0.15) is 57.8 Å². The van der Waals surface area contributed by atoms with Crippen LogP contribution in [0.5, 0.6) is 0 Å². The van der Waals surface area contributed by atoms with Gasteiger partial charge in [0.15, 0.2) is 0 Å². The van der Waals surface area contributed by atoms with Crippen LogP contribution >= 0.6 is 11.6 Å². The number of aromatic nitrogens is 2. The summed E-state index contributed by atoms with van der Waals surface area (Å²) < 4.78 is 0. The molecule has 1 heterocycles. The molecule has 0 bridgehead atoms. The number of hydrogen-bond donors (Lipinski definition) is 1. The molecule has 1 N–H and O–H groups in total. The maximum absolute atomic E-state index is 10.3. The second-order valence-electron chi connectivity index (χ2n) is 6.76. The predicted molar refractivity (Wildman–Crippen MR) is 89.2 cm³/mol. The number of anilines is 1. The number of halogens is 1. The summed E-state index contributed by atoms with van der Waals surface area (Å²) in [5.41, 5.74) is 0. The molecule has 0 unspecified atom stereocenters. The Kier molecular flexibility index (Phi) is 5.53. The molecule has 2 aliphatic carbocycles. The Balaban J connectivity index is 1.78. The van der Waals surface area contributed by atoms with Crippen molar-refractivity contribution in [1.29, 1.82) is 0 Å². The van der Waals surface area contributed by atoms with Crippen LogP contribution in [0.4, 0.5) is 5.82 Å². The molecule has 1 aromatic rings. The van der Waals surface area contributed by atoms with E-state index in [1.807, 2.05) is 6.20 Å². The number of rotatable bonds is 4. The zero-order valence-corrected chi connectivity index (χ0v) is 13.9. The van der Waals surface area contributed by atoms with Crippen molar-refractivity contribution in [2.45, 2.75) is 69.9 Å². The Hall–Kier alpha value is -0.870. The third-order valence-electron chi connectivity index (χ3n) is 5.20. The molecule has 3 rings (SSSR count). The van der Waals surface area contributed by atoms with Crippen molar-refractivity contribution in [3.63, 3.8) is 0 Å². The van der Waals surface area contributed by atoms with Crippen LogP contribution in [0.3, 0.4) is 0 Å². The average molecular weight is 324 g/mol. The van der Waals surface area contributed by atoms with Gasteiger partial charge in [-0.2, -0.15) is 0 Å². The fourth-order valence-electron chi connectivity index (χ4n) is 3.95. The van der Waals surface area contributed by atoms with Gasteiger partial charge in [-0.15, -0.1) is 0 Å². The van der Waals surface area contributed by atoms with E-state index in [0.717, 1.165) is 31.6 Å². The minimum absolute atomic E-state index is 0.174. The van der Waals surface area contributed by atoms with Crippen LogP contribution in [0, 0.1) is 5.92 Å². The largest absolute Gasteiger partial charge is 0.393 e. The first-order valence-corrected chi connectivity index (χ1v) is 9.04. The van der Waals surface area contributed by atoms with Gasteiger partial charge in [0.2, 0.25) is 0 Å². The van der Waals surface area contributed by atoms with Gasteiger partial charge in [-0.3, -0.25) is 4.98 Å².